The van der Waals surface area contributed by atoms with Crippen molar-refractivity contribution in [3.63, 3.8) is 0 Å². The number of aromatic nitrogens is 1. The fraction of sp³-hybridized carbons (Fsp3) is 0.333. The van der Waals surface area contributed by atoms with E-state index in [1.54, 1.807) is 7.11 Å². The predicted molar refractivity (Wildman–Crippen MR) is 116 cm³/mol. The Morgan fingerprint density at radius 3 is 2.59 bits per heavy atom. The van der Waals surface area contributed by atoms with Crippen LogP contribution in [0, 0.1) is 6.92 Å². The maximum atomic E-state index is 13.1. The number of fused-ring (bicyclic) bond motifs is 1. The summed E-state index contributed by atoms with van der Waals surface area (Å²) in [7, 11) is 1.65. The molecule has 1 amide bonds. The second-order valence-electron chi connectivity index (χ2n) is 7.61. The molecule has 1 saturated heterocycles. The van der Waals surface area contributed by atoms with Crippen LogP contribution in [0.15, 0.2) is 48.5 Å². The Labute approximate surface area is 171 Å². The molecule has 29 heavy (non-hydrogen) atoms. The third-order valence-corrected chi connectivity index (χ3v) is 5.51. The van der Waals surface area contributed by atoms with Crippen LogP contribution in [0.2, 0.25) is 0 Å². The number of carbonyl (C=O) groups excluding carboxylic acids is 1. The van der Waals surface area contributed by atoms with Crippen molar-refractivity contribution < 1.29 is 9.53 Å². The number of nitrogens with zero attached hydrogens (tertiary/aromatic N) is 2. The zero-order chi connectivity index (χ0) is 20.2. The van der Waals surface area contributed by atoms with Crippen molar-refractivity contribution in [2.75, 3.05) is 33.3 Å². The summed E-state index contributed by atoms with van der Waals surface area (Å²) in [6, 6.07) is 15.7. The fourth-order valence-electron chi connectivity index (χ4n) is 3.87. The van der Waals surface area contributed by atoms with Gasteiger partial charge < -0.3 is 15.0 Å². The van der Waals surface area contributed by atoms with Crippen molar-refractivity contribution in [3.8, 4) is 17.0 Å². The van der Waals surface area contributed by atoms with Gasteiger partial charge in [0.15, 0.2) is 0 Å². The van der Waals surface area contributed by atoms with Gasteiger partial charge >= 0.3 is 0 Å². The van der Waals surface area contributed by atoms with E-state index in [4.69, 9.17) is 9.72 Å². The number of ether oxygens (including phenoxy) is 1. The van der Waals surface area contributed by atoms with Crippen molar-refractivity contribution in [2.24, 2.45) is 0 Å². The molecular weight excluding hydrogens is 362 g/mol. The maximum Gasteiger partial charge on any atom is 0.252 e. The summed E-state index contributed by atoms with van der Waals surface area (Å²) < 4.78 is 5.25. The van der Waals surface area contributed by atoms with Crippen LogP contribution in [0.1, 0.15) is 28.8 Å². The fourth-order valence-corrected chi connectivity index (χ4v) is 3.87. The highest BCUT2D eigenvalue weighted by atomic mass is 16.5. The molecule has 1 aliphatic rings. The van der Waals surface area contributed by atoms with E-state index in [0.717, 1.165) is 53.1 Å². The zero-order valence-electron chi connectivity index (χ0n) is 17.1. The number of carbonyl (C=O) groups is 1. The molecule has 150 valence electrons. The number of aryl methyl sites for hydroxylation is 1. The number of pyridine rings is 1. The second-order valence-corrected chi connectivity index (χ2v) is 7.61. The summed E-state index contributed by atoms with van der Waals surface area (Å²) in [5, 5.41) is 4.00. The molecule has 2 aromatic carbocycles. The molecule has 0 spiro atoms. The first kappa shape index (κ1) is 19.4. The lowest BCUT2D eigenvalue weighted by Gasteiger charge is -2.15. The Morgan fingerprint density at radius 1 is 1.10 bits per heavy atom. The van der Waals surface area contributed by atoms with Crippen molar-refractivity contribution >= 4 is 16.8 Å². The molecule has 1 fully saturated rings. The monoisotopic (exact) mass is 389 g/mol. The average Bonchev–Trinajstić information content (AvgIpc) is 3.26. The minimum Gasteiger partial charge on any atom is -0.497 e. The van der Waals surface area contributed by atoms with Gasteiger partial charge in [0.2, 0.25) is 0 Å². The zero-order valence-corrected chi connectivity index (χ0v) is 17.1. The van der Waals surface area contributed by atoms with E-state index in [1.807, 2.05) is 55.5 Å². The summed E-state index contributed by atoms with van der Waals surface area (Å²) in [5.74, 6) is 0.752. The van der Waals surface area contributed by atoms with E-state index in [0.29, 0.717) is 12.1 Å². The Kier molecular flexibility index (Phi) is 5.76. The normalized spacial score (nSPS) is 14.3. The van der Waals surface area contributed by atoms with Crippen LogP contribution in [-0.2, 0) is 0 Å². The Morgan fingerprint density at radius 2 is 1.86 bits per heavy atom. The number of methoxy groups -OCH3 is 1. The molecular formula is C24H27N3O2. The van der Waals surface area contributed by atoms with Gasteiger partial charge in [0.05, 0.1) is 23.9 Å². The average molecular weight is 389 g/mol. The van der Waals surface area contributed by atoms with Gasteiger partial charge in [0.1, 0.15) is 5.75 Å². The SMILES string of the molecule is COc1ccc(-c2cc(C(=O)NCCN3CCCC3)c3cc(C)ccc3n2)cc1. The second kappa shape index (κ2) is 8.62. The van der Waals surface area contributed by atoms with Crippen LogP contribution in [0.5, 0.6) is 5.75 Å². The van der Waals surface area contributed by atoms with Gasteiger partial charge in [0.25, 0.3) is 5.91 Å². The molecule has 0 radical (unpaired) electrons. The van der Waals surface area contributed by atoms with Crippen LogP contribution in [0.25, 0.3) is 22.2 Å². The van der Waals surface area contributed by atoms with Gasteiger partial charge in [-0.2, -0.15) is 0 Å². The summed E-state index contributed by atoms with van der Waals surface area (Å²) in [6.07, 6.45) is 2.51. The summed E-state index contributed by atoms with van der Waals surface area (Å²) >= 11 is 0. The predicted octanol–water partition coefficient (Wildman–Crippen LogP) is 4.04. The molecule has 2 heterocycles. The molecule has 0 aliphatic carbocycles. The number of hydrogen-bond acceptors (Lipinski definition) is 4. The molecule has 0 unspecified atom stereocenters. The molecule has 3 aromatic rings. The van der Waals surface area contributed by atoms with Gasteiger partial charge in [-0.25, -0.2) is 4.98 Å². The van der Waals surface area contributed by atoms with Crippen LogP contribution >= 0.6 is 0 Å². The lowest BCUT2D eigenvalue weighted by Crippen LogP contribution is -2.33. The Bertz CT molecular complexity index is 1010. The summed E-state index contributed by atoms with van der Waals surface area (Å²) in [6.45, 7) is 5.86. The standard InChI is InChI=1S/C24H27N3O2/c1-17-5-10-22-20(15-17)21(24(28)25-11-14-27-12-3-4-13-27)16-23(26-22)18-6-8-19(29-2)9-7-18/h5-10,15-16H,3-4,11-14H2,1-2H3,(H,25,28). The molecule has 1 aliphatic heterocycles. The number of likely N-dealkylation sites (tertiary alicyclic amines) is 1. The minimum absolute atomic E-state index is 0.0445. The minimum atomic E-state index is -0.0445. The maximum absolute atomic E-state index is 13.1. The smallest absolute Gasteiger partial charge is 0.252 e. The highest BCUT2D eigenvalue weighted by Gasteiger charge is 2.16. The quantitative estimate of drug-likeness (QED) is 0.691. The number of rotatable bonds is 6. The largest absolute Gasteiger partial charge is 0.497 e. The highest BCUT2D eigenvalue weighted by Crippen LogP contribution is 2.27. The topological polar surface area (TPSA) is 54.5 Å². The molecule has 1 N–H and O–H groups in total. The van der Waals surface area contributed by atoms with E-state index in [2.05, 4.69) is 10.2 Å². The van der Waals surface area contributed by atoms with Crippen LogP contribution in [0.3, 0.4) is 0 Å². The lowest BCUT2D eigenvalue weighted by atomic mass is 10.0. The molecule has 5 heteroatoms. The van der Waals surface area contributed by atoms with Crippen molar-refractivity contribution in [1.82, 2.24) is 15.2 Å². The molecule has 1 aromatic heterocycles. The summed E-state index contributed by atoms with van der Waals surface area (Å²) in [4.78, 5) is 20.3. The number of nitrogens with one attached hydrogen (secondary N) is 1. The van der Waals surface area contributed by atoms with Gasteiger partial charge in [-0.05, 0) is 75.3 Å². The third-order valence-electron chi connectivity index (χ3n) is 5.51. The van der Waals surface area contributed by atoms with Gasteiger partial charge in [-0.1, -0.05) is 11.6 Å². The number of benzene rings is 2. The molecule has 0 bridgehead atoms. The van der Waals surface area contributed by atoms with E-state index >= 15 is 0 Å². The van der Waals surface area contributed by atoms with Gasteiger partial charge in [-0.3, -0.25) is 4.79 Å². The molecule has 5 nitrogen and oxygen atoms in total. The summed E-state index contributed by atoms with van der Waals surface area (Å²) in [5.41, 5.74) is 4.36. The van der Waals surface area contributed by atoms with E-state index < -0.39 is 0 Å². The van der Waals surface area contributed by atoms with Crippen molar-refractivity contribution in [2.45, 2.75) is 19.8 Å². The van der Waals surface area contributed by atoms with Crippen molar-refractivity contribution in [3.05, 3.63) is 59.7 Å². The Balaban J connectivity index is 1.64. The first-order chi connectivity index (χ1) is 14.1. The van der Waals surface area contributed by atoms with Crippen LogP contribution < -0.4 is 10.1 Å². The molecule has 0 saturated carbocycles. The number of amides is 1. The van der Waals surface area contributed by atoms with Crippen molar-refractivity contribution in [1.29, 1.82) is 0 Å². The van der Waals surface area contributed by atoms with Crippen LogP contribution in [0.4, 0.5) is 0 Å². The van der Waals surface area contributed by atoms with E-state index in [9.17, 15) is 4.79 Å². The number of hydrogen-bond donors (Lipinski definition) is 1. The Hall–Kier alpha value is -2.92. The first-order valence-electron chi connectivity index (χ1n) is 10.2. The molecule has 0 atom stereocenters. The lowest BCUT2D eigenvalue weighted by molar-refractivity contribution is 0.0951. The first-order valence-corrected chi connectivity index (χ1v) is 10.2. The van der Waals surface area contributed by atoms with Gasteiger partial charge in [-0.15, -0.1) is 0 Å². The van der Waals surface area contributed by atoms with Gasteiger partial charge in [0, 0.05) is 24.0 Å². The van der Waals surface area contributed by atoms with E-state index in [-0.39, 0.29) is 5.91 Å². The van der Waals surface area contributed by atoms with Crippen LogP contribution in [-0.4, -0.2) is 49.1 Å². The third kappa shape index (κ3) is 4.40. The molecule has 4 rings (SSSR count). The van der Waals surface area contributed by atoms with E-state index in [1.165, 1.54) is 12.8 Å². The highest BCUT2D eigenvalue weighted by molar-refractivity contribution is 6.07.